The van der Waals surface area contributed by atoms with Gasteiger partial charge in [0.05, 0.1) is 6.10 Å². The van der Waals surface area contributed by atoms with E-state index >= 15 is 0 Å². The van der Waals surface area contributed by atoms with Gasteiger partial charge in [-0.3, -0.25) is 4.79 Å². The summed E-state index contributed by atoms with van der Waals surface area (Å²) in [6.45, 7) is 0.910. The molecule has 7 heteroatoms. The molecule has 1 aromatic carbocycles. The van der Waals surface area contributed by atoms with Crippen molar-refractivity contribution in [1.82, 2.24) is 5.32 Å². The predicted molar refractivity (Wildman–Crippen MR) is 75.9 cm³/mol. The first-order valence-electron chi connectivity index (χ1n) is 6.60. The van der Waals surface area contributed by atoms with Crippen molar-refractivity contribution < 1.29 is 24.2 Å². The van der Waals surface area contributed by atoms with Crippen molar-refractivity contribution in [2.45, 2.75) is 18.9 Å². The van der Waals surface area contributed by atoms with Crippen LogP contribution in [-0.2, 0) is 9.53 Å². The largest absolute Gasteiger partial charge is 0.483 e. The van der Waals surface area contributed by atoms with Crippen LogP contribution in [0.15, 0.2) is 18.2 Å². The first-order chi connectivity index (χ1) is 10.1. The standard InChI is InChI=1S/C14H16ClNO5/c15-9-3-4-12(11(6-9)14(18)19)21-8-13(17)16-7-10-2-1-5-20-10/h3-4,6,10H,1-2,5,7-8H2,(H,16,17)(H,18,19). The molecule has 1 aliphatic rings. The van der Waals surface area contributed by atoms with Crippen LogP contribution in [0.3, 0.4) is 0 Å². The van der Waals surface area contributed by atoms with Gasteiger partial charge in [-0.15, -0.1) is 0 Å². The molecule has 1 heterocycles. The van der Waals surface area contributed by atoms with Crippen LogP contribution in [0.4, 0.5) is 0 Å². The van der Waals surface area contributed by atoms with Crippen LogP contribution < -0.4 is 10.1 Å². The lowest BCUT2D eigenvalue weighted by Gasteiger charge is -2.12. The summed E-state index contributed by atoms with van der Waals surface area (Å²) in [7, 11) is 0. The van der Waals surface area contributed by atoms with Gasteiger partial charge < -0.3 is 19.9 Å². The van der Waals surface area contributed by atoms with Gasteiger partial charge in [0.15, 0.2) is 6.61 Å². The molecule has 0 radical (unpaired) electrons. The Morgan fingerprint density at radius 1 is 1.48 bits per heavy atom. The molecular weight excluding hydrogens is 298 g/mol. The Bertz CT molecular complexity index is 528. The van der Waals surface area contributed by atoms with Crippen LogP contribution in [0.2, 0.25) is 5.02 Å². The fraction of sp³-hybridized carbons (Fsp3) is 0.429. The Labute approximate surface area is 127 Å². The summed E-state index contributed by atoms with van der Waals surface area (Å²) in [6.07, 6.45) is 1.99. The maximum absolute atomic E-state index is 11.7. The number of halogens is 1. The normalized spacial score (nSPS) is 17.5. The topological polar surface area (TPSA) is 84.9 Å². The first-order valence-corrected chi connectivity index (χ1v) is 6.98. The number of amides is 1. The SMILES string of the molecule is O=C(COc1ccc(Cl)cc1C(=O)O)NCC1CCCO1. The van der Waals surface area contributed by atoms with E-state index in [0.29, 0.717) is 11.6 Å². The molecule has 0 spiro atoms. The molecule has 1 atom stereocenters. The molecule has 0 bridgehead atoms. The summed E-state index contributed by atoms with van der Waals surface area (Å²) < 4.78 is 10.6. The summed E-state index contributed by atoms with van der Waals surface area (Å²) in [5, 5.41) is 12.0. The Balaban J connectivity index is 1.84. The fourth-order valence-corrected chi connectivity index (χ4v) is 2.19. The smallest absolute Gasteiger partial charge is 0.339 e. The number of nitrogens with one attached hydrogen (secondary N) is 1. The van der Waals surface area contributed by atoms with Crippen molar-refractivity contribution in [3.63, 3.8) is 0 Å². The lowest BCUT2D eigenvalue weighted by atomic mass is 10.2. The lowest BCUT2D eigenvalue weighted by Crippen LogP contribution is -2.35. The highest BCUT2D eigenvalue weighted by Gasteiger charge is 2.17. The lowest BCUT2D eigenvalue weighted by molar-refractivity contribution is -0.123. The zero-order valence-electron chi connectivity index (χ0n) is 11.3. The average Bonchev–Trinajstić information content (AvgIpc) is 2.97. The highest BCUT2D eigenvalue weighted by atomic mass is 35.5. The minimum Gasteiger partial charge on any atom is -0.483 e. The van der Waals surface area contributed by atoms with E-state index in [1.165, 1.54) is 18.2 Å². The molecule has 1 fully saturated rings. The quantitative estimate of drug-likeness (QED) is 0.835. The molecule has 1 aromatic rings. The number of hydrogen-bond acceptors (Lipinski definition) is 4. The van der Waals surface area contributed by atoms with Crippen LogP contribution in [0.5, 0.6) is 5.75 Å². The van der Waals surface area contributed by atoms with Crippen LogP contribution in [0, 0.1) is 0 Å². The Kier molecular flexibility index (Phi) is 5.41. The highest BCUT2D eigenvalue weighted by molar-refractivity contribution is 6.31. The zero-order chi connectivity index (χ0) is 15.2. The number of carbonyl (C=O) groups excluding carboxylic acids is 1. The van der Waals surface area contributed by atoms with Crippen molar-refractivity contribution >= 4 is 23.5 Å². The second-order valence-electron chi connectivity index (χ2n) is 4.67. The maximum atomic E-state index is 11.7. The van der Waals surface area contributed by atoms with Gasteiger partial charge in [-0.1, -0.05) is 11.6 Å². The van der Waals surface area contributed by atoms with Gasteiger partial charge >= 0.3 is 5.97 Å². The van der Waals surface area contributed by atoms with Crippen LogP contribution in [0.1, 0.15) is 23.2 Å². The molecule has 1 saturated heterocycles. The molecule has 6 nitrogen and oxygen atoms in total. The molecule has 21 heavy (non-hydrogen) atoms. The summed E-state index contributed by atoms with van der Waals surface area (Å²) in [5.41, 5.74) is -0.0746. The molecule has 114 valence electrons. The van der Waals surface area contributed by atoms with Crippen molar-refractivity contribution in [2.24, 2.45) is 0 Å². The van der Waals surface area contributed by atoms with Crippen molar-refractivity contribution in [2.75, 3.05) is 19.8 Å². The van der Waals surface area contributed by atoms with Crippen LogP contribution >= 0.6 is 11.6 Å². The molecule has 2 N–H and O–H groups in total. The highest BCUT2D eigenvalue weighted by Crippen LogP contribution is 2.22. The second-order valence-corrected chi connectivity index (χ2v) is 5.11. The van der Waals surface area contributed by atoms with E-state index in [4.69, 9.17) is 26.2 Å². The molecule has 0 aromatic heterocycles. The molecular formula is C14H16ClNO5. The van der Waals surface area contributed by atoms with Gasteiger partial charge in [-0.05, 0) is 31.0 Å². The van der Waals surface area contributed by atoms with Gasteiger partial charge in [0.25, 0.3) is 5.91 Å². The molecule has 1 amide bonds. The number of hydrogen-bond donors (Lipinski definition) is 2. The van der Waals surface area contributed by atoms with E-state index in [-0.39, 0.29) is 29.9 Å². The van der Waals surface area contributed by atoms with Gasteiger partial charge in [-0.25, -0.2) is 4.79 Å². The minimum absolute atomic E-state index is 0.0547. The number of aromatic carboxylic acids is 1. The van der Waals surface area contributed by atoms with E-state index in [2.05, 4.69) is 5.32 Å². The van der Waals surface area contributed by atoms with E-state index in [1.54, 1.807) is 0 Å². The fourth-order valence-electron chi connectivity index (χ4n) is 2.02. The third kappa shape index (κ3) is 4.61. The van der Waals surface area contributed by atoms with Crippen LogP contribution in [-0.4, -0.2) is 42.8 Å². The minimum atomic E-state index is -1.16. The third-order valence-electron chi connectivity index (χ3n) is 3.08. The molecule has 0 saturated carbocycles. The van der Waals surface area contributed by atoms with E-state index in [0.717, 1.165) is 19.4 Å². The van der Waals surface area contributed by atoms with Gasteiger partial charge in [0.2, 0.25) is 0 Å². The Hall–Kier alpha value is -1.79. The third-order valence-corrected chi connectivity index (χ3v) is 3.32. The van der Waals surface area contributed by atoms with E-state index in [1.807, 2.05) is 0 Å². The molecule has 2 rings (SSSR count). The zero-order valence-corrected chi connectivity index (χ0v) is 12.1. The number of ether oxygens (including phenoxy) is 2. The number of carboxylic acids is 1. The molecule has 0 aliphatic carbocycles. The van der Waals surface area contributed by atoms with E-state index in [9.17, 15) is 9.59 Å². The van der Waals surface area contributed by atoms with Gasteiger partial charge in [-0.2, -0.15) is 0 Å². The number of rotatable bonds is 6. The molecule has 1 unspecified atom stereocenters. The summed E-state index contributed by atoms with van der Waals surface area (Å²) in [6, 6.07) is 4.22. The summed E-state index contributed by atoms with van der Waals surface area (Å²) >= 11 is 5.73. The summed E-state index contributed by atoms with van der Waals surface area (Å²) in [5.74, 6) is -1.37. The number of carbonyl (C=O) groups is 2. The monoisotopic (exact) mass is 313 g/mol. The van der Waals surface area contributed by atoms with Crippen LogP contribution in [0.25, 0.3) is 0 Å². The second kappa shape index (κ2) is 7.28. The van der Waals surface area contributed by atoms with Crippen molar-refractivity contribution in [1.29, 1.82) is 0 Å². The Morgan fingerprint density at radius 2 is 2.29 bits per heavy atom. The molecule has 1 aliphatic heterocycles. The van der Waals surface area contributed by atoms with Crippen molar-refractivity contribution in [3.05, 3.63) is 28.8 Å². The summed E-state index contributed by atoms with van der Waals surface area (Å²) in [4.78, 5) is 22.7. The van der Waals surface area contributed by atoms with Gasteiger partial charge in [0, 0.05) is 18.2 Å². The number of carboxylic acid groups (broad SMARTS) is 1. The maximum Gasteiger partial charge on any atom is 0.339 e. The van der Waals surface area contributed by atoms with Crippen molar-refractivity contribution in [3.8, 4) is 5.75 Å². The van der Waals surface area contributed by atoms with Gasteiger partial charge in [0.1, 0.15) is 11.3 Å². The first kappa shape index (κ1) is 15.6. The van der Waals surface area contributed by atoms with E-state index < -0.39 is 5.97 Å². The predicted octanol–water partition coefficient (Wildman–Crippen LogP) is 1.71. The average molecular weight is 314 g/mol. The Morgan fingerprint density at radius 3 is 2.95 bits per heavy atom. The number of benzene rings is 1.